The Morgan fingerprint density at radius 2 is 1.75 bits per heavy atom. The summed E-state index contributed by atoms with van der Waals surface area (Å²) in [5.41, 5.74) is 1.08. The Balaban J connectivity index is 2.19. The molecule has 5 heteroatoms. The first-order valence-electron chi connectivity index (χ1n) is 6.08. The first-order valence-corrected chi connectivity index (χ1v) is 6.46. The molecule has 0 N–H and O–H groups in total. The molecule has 0 radical (unpaired) electrons. The minimum atomic E-state index is -4.36. The van der Waals surface area contributed by atoms with Gasteiger partial charge in [-0.2, -0.15) is 13.2 Å². The number of halogens is 4. The van der Waals surface area contributed by atoms with Crippen LogP contribution in [0.1, 0.15) is 11.1 Å². The van der Waals surface area contributed by atoms with Crippen LogP contribution >= 0.6 is 11.6 Å². The van der Waals surface area contributed by atoms with Crippen LogP contribution in [0.3, 0.4) is 0 Å². The molecule has 0 aromatic heterocycles. The molecular weight excluding hydrogens is 289 g/mol. The van der Waals surface area contributed by atoms with Crippen molar-refractivity contribution >= 4 is 11.6 Å². The maximum absolute atomic E-state index is 13.0. The van der Waals surface area contributed by atoms with Crippen LogP contribution in [0.15, 0.2) is 36.4 Å². The number of hydrogen-bond donors (Lipinski definition) is 0. The second-order valence-corrected chi connectivity index (χ2v) is 5.05. The maximum atomic E-state index is 13.0. The molecule has 1 aliphatic rings. The molecule has 2 aromatic rings. The van der Waals surface area contributed by atoms with Crippen molar-refractivity contribution in [2.45, 2.75) is 12.6 Å². The summed E-state index contributed by atoms with van der Waals surface area (Å²) in [6.07, 6.45) is -3.86. The van der Waals surface area contributed by atoms with Crippen molar-refractivity contribution in [1.82, 2.24) is 0 Å². The third-order valence-corrected chi connectivity index (χ3v) is 3.52. The lowest BCUT2D eigenvalue weighted by molar-refractivity contribution is -0.137. The second-order valence-electron chi connectivity index (χ2n) is 4.62. The first-order chi connectivity index (χ1) is 9.45. The predicted octanol–water partition coefficient (Wildman–Crippen LogP) is 4.96. The zero-order valence-corrected chi connectivity index (χ0v) is 11.1. The minimum Gasteiger partial charge on any atom is -0.492 e. The van der Waals surface area contributed by atoms with Crippen molar-refractivity contribution in [2.24, 2.45) is 0 Å². The van der Waals surface area contributed by atoms with Gasteiger partial charge in [-0.1, -0.05) is 23.7 Å². The molecule has 0 amide bonds. The van der Waals surface area contributed by atoms with Gasteiger partial charge in [-0.25, -0.2) is 0 Å². The van der Waals surface area contributed by atoms with Gasteiger partial charge in [0.05, 0.1) is 12.2 Å². The predicted molar refractivity (Wildman–Crippen MR) is 71.1 cm³/mol. The first kappa shape index (κ1) is 13.3. The second kappa shape index (κ2) is 4.70. The van der Waals surface area contributed by atoms with Crippen molar-refractivity contribution in [3.63, 3.8) is 0 Å². The van der Waals surface area contributed by atoms with E-state index in [9.17, 15) is 13.2 Å². The van der Waals surface area contributed by atoms with E-state index in [4.69, 9.17) is 16.3 Å². The molecule has 0 aliphatic carbocycles. The van der Waals surface area contributed by atoms with Gasteiger partial charge < -0.3 is 4.74 Å². The molecule has 20 heavy (non-hydrogen) atoms. The van der Waals surface area contributed by atoms with Crippen LogP contribution in [-0.2, 0) is 12.6 Å². The molecule has 104 valence electrons. The van der Waals surface area contributed by atoms with E-state index < -0.39 is 11.7 Å². The smallest absolute Gasteiger partial charge is 0.416 e. The molecule has 0 bridgehead atoms. The van der Waals surface area contributed by atoms with Crippen LogP contribution < -0.4 is 4.74 Å². The summed E-state index contributed by atoms with van der Waals surface area (Å²) in [5, 5.41) is 0.540. The molecule has 0 saturated heterocycles. The lowest BCUT2D eigenvalue weighted by Crippen LogP contribution is -2.05. The van der Waals surface area contributed by atoms with Crippen LogP contribution in [0.25, 0.3) is 11.1 Å². The van der Waals surface area contributed by atoms with Crippen LogP contribution in [-0.4, -0.2) is 6.61 Å². The van der Waals surface area contributed by atoms with Crippen molar-refractivity contribution in [1.29, 1.82) is 0 Å². The Labute approximate surface area is 118 Å². The Kier molecular flexibility index (Phi) is 3.13. The number of ether oxygens (including phenoxy) is 1. The highest BCUT2D eigenvalue weighted by Crippen LogP contribution is 2.42. The highest BCUT2D eigenvalue weighted by Gasteiger charge is 2.33. The molecule has 0 saturated carbocycles. The van der Waals surface area contributed by atoms with Gasteiger partial charge in [-0.05, 0) is 35.4 Å². The highest BCUT2D eigenvalue weighted by molar-refractivity contribution is 6.30. The molecular formula is C15H10ClF3O. The molecule has 2 aromatic carbocycles. The normalized spacial score (nSPS) is 14.0. The lowest BCUT2D eigenvalue weighted by Gasteiger charge is -2.13. The fourth-order valence-electron chi connectivity index (χ4n) is 2.32. The summed E-state index contributed by atoms with van der Waals surface area (Å²) in [6, 6.07) is 8.99. The van der Waals surface area contributed by atoms with Crippen LogP contribution in [0, 0.1) is 0 Å². The van der Waals surface area contributed by atoms with Gasteiger partial charge in [0.2, 0.25) is 0 Å². The van der Waals surface area contributed by atoms with E-state index in [1.165, 1.54) is 6.07 Å². The lowest BCUT2D eigenvalue weighted by atomic mass is 9.98. The minimum absolute atomic E-state index is 0.414. The molecule has 1 aliphatic heterocycles. The fourth-order valence-corrected chi connectivity index (χ4v) is 2.44. The highest BCUT2D eigenvalue weighted by atomic mass is 35.5. The quantitative estimate of drug-likeness (QED) is 0.723. The summed E-state index contributed by atoms with van der Waals surface area (Å²) in [7, 11) is 0. The summed E-state index contributed by atoms with van der Waals surface area (Å²) in [5.74, 6) is 0.542. The van der Waals surface area contributed by atoms with Crippen molar-refractivity contribution < 1.29 is 17.9 Å². The van der Waals surface area contributed by atoms with Crippen molar-refractivity contribution in [3.8, 4) is 16.9 Å². The van der Waals surface area contributed by atoms with E-state index in [1.54, 1.807) is 24.3 Å². The average Bonchev–Trinajstić information content (AvgIpc) is 2.85. The Hall–Kier alpha value is -1.68. The van der Waals surface area contributed by atoms with Gasteiger partial charge in [0.15, 0.2) is 0 Å². The molecule has 0 unspecified atom stereocenters. The van der Waals surface area contributed by atoms with E-state index in [0.29, 0.717) is 40.5 Å². The zero-order valence-electron chi connectivity index (χ0n) is 10.3. The van der Waals surface area contributed by atoms with E-state index in [0.717, 1.165) is 6.07 Å². The molecule has 0 spiro atoms. The summed E-state index contributed by atoms with van der Waals surface area (Å²) >= 11 is 5.81. The van der Waals surface area contributed by atoms with Crippen LogP contribution in [0.4, 0.5) is 13.2 Å². The molecule has 0 fully saturated rings. The van der Waals surface area contributed by atoms with E-state index >= 15 is 0 Å². The fraction of sp³-hybridized carbons (Fsp3) is 0.200. The number of alkyl halides is 3. The van der Waals surface area contributed by atoms with Gasteiger partial charge in [0.1, 0.15) is 5.75 Å². The standard InChI is InChI=1S/C15H10ClF3O/c16-12-3-1-9(2-4-12)13-8-11(15(17,18)19)7-10-5-6-20-14(10)13/h1-4,7-8H,5-6H2. The van der Waals surface area contributed by atoms with Gasteiger partial charge in [-0.3, -0.25) is 0 Å². The summed E-state index contributed by atoms with van der Waals surface area (Å²) in [4.78, 5) is 0. The summed E-state index contributed by atoms with van der Waals surface area (Å²) in [6.45, 7) is 0.414. The number of rotatable bonds is 1. The maximum Gasteiger partial charge on any atom is 0.416 e. The number of fused-ring (bicyclic) bond motifs is 1. The topological polar surface area (TPSA) is 9.23 Å². The van der Waals surface area contributed by atoms with Gasteiger partial charge >= 0.3 is 6.18 Å². The SMILES string of the molecule is FC(F)(F)c1cc2c(c(-c3ccc(Cl)cc3)c1)OCC2. The van der Waals surface area contributed by atoms with Gasteiger partial charge in [-0.15, -0.1) is 0 Å². The largest absolute Gasteiger partial charge is 0.492 e. The van der Waals surface area contributed by atoms with Crippen LogP contribution in [0.2, 0.25) is 5.02 Å². The van der Waals surface area contributed by atoms with Gasteiger partial charge in [0.25, 0.3) is 0 Å². The van der Waals surface area contributed by atoms with Crippen molar-refractivity contribution in [2.75, 3.05) is 6.61 Å². The molecule has 3 rings (SSSR count). The van der Waals surface area contributed by atoms with Gasteiger partial charge in [0, 0.05) is 17.0 Å². The molecule has 1 nitrogen and oxygen atoms in total. The third-order valence-electron chi connectivity index (χ3n) is 3.27. The van der Waals surface area contributed by atoms with E-state index in [1.807, 2.05) is 0 Å². The Bertz CT molecular complexity index is 647. The van der Waals surface area contributed by atoms with Crippen molar-refractivity contribution in [3.05, 3.63) is 52.5 Å². The van der Waals surface area contributed by atoms with E-state index in [-0.39, 0.29) is 0 Å². The van der Waals surface area contributed by atoms with E-state index in [2.05, 4.69) is 0 Å². The Morgan fingerprint density at radius 3 is 2.40 bits per heavy atom. The molecule has 0 atom stereocenters. The molecule has 1 heterocycles. The average molecular weight is 299 g/mol. The monoisotopic (exact) mass is 298 g/mol. The summed E-state index contributed by atoms with van der Waals surface area (Å²) < 4.78 is 44.3. The zero-order chi connectivity index (χ0) is 14.3. The van der Waals surface area contributed by atoms with Crippen LogP contribution in [0.5, 0.6) is 5.75 Å². The number of hydrogen-bond acceptors (Lipinski definition) is 1. The third kappa shape index (κ3) is 2.36. The number of benzene rings is 2. The Morgan fingerprint density at radius 1 is 1.05 bits per heavy atom.